The molecule has 0 atom stereocenters. The van der Waals surface area contributed by atoms with Crippen LogP contribution < -0.4 is 5.32 Å². The number of hydrogen-bond donors (Lipinski definition) is 2. The highest BCUT2D eigenvalue weighted by molar-refractivity contribution is 5.93. The molecule has 33 heavy (non-hydrogen) atoms. The minimum absolute atomic E-state index is 0.0284. The molecule has 0 aliphatic heterocycles. The molecule has 1 aliphatic rings. The molecule has 1 aromatic heterocycles. The average Bonchev–Trinajstić information content (AvgIpc) is 3.33. The van der Waals surface area contributed by atoms with Gasteiger partial charge < -0.3 is 9.84 Å². The fourth-order valence-corrected chi connectivity index (χ4v) is 3.80. The summed E-state index contributed by atoms with van der Waals surface area (Å²) in [5, 5.41) is 16.0. The molecule has 1 heterocycles. The number of rotatable bonds is 7. The number of amides is 2. The topological polar surface area (TPSA) is 123 Å². The summed E-state index contributed by atoms with van der Waals surface area (Å²) in [4.78, 5) is 40.2. The van der Waals surface area contributed by atoms with Gasteiger partial charge in [0.1, 0.15) is 12.4 Å². The number of anilines is 1. The maximum Gasteiger partial charge on any atom is 0.412 e. The Hall–Kier alpha value is -4.18. The number of benzene rings is 2. The van der Waals surface area contributed by atoms with Crippen molar-refractivity contribution in [2.45, 2.75) is 5.92 Å². The monoisotopic (exact) mass is 450 g/mol. The Balaban J connectivity index is 1.40. The molecular weight excluding hydrogens is 428 g/mol. The van der Waals surface area contributed by atoms with Crippen molar-refractivity contribution in [3.63, 3.8) is 0 Å². The zero-order valence-electron chi connectivity index (χ0n) is 18.0. The fraction of sp³-hybridized carbons (Fsp3) is 0.217. The number of nitrogens with one attached hydrogen (secondary N) is 1. The van der Waals surface area contributed by atoms with Crippen LogP contribution >= 0.6 is 0 Å². The highest BCUT2D eigenvalue weighted by Gasteiger charge is 2.29. The second-order valence-corrected chi connectivity index (χ2v) is 7.46. The van der Waals surface area contributed by atoms with E-state index in [-0.39, 0.29) is 24.0 Å². The number of aryl methyl sites for hydroxylation is 1. The van der Waals surface area contributed by atoms with Crippen molar-refractivity contribution < 1.29 is 29.1 Å². The zero-order valence-corrected chi connectivity index (χ0v) is 18.0. The summed E-state index contributed by atoms with van der Waals surface area (Å²) in [6.07, 6.45) is -0.686. The molecule has 0 fully saturated rings. The molecule has 0 unspecified atom stereocenters. The lowest BCUT2D eigenvalue weighted by Crippen LogP contribution is -2.29. The summed E-state index contributed by atoms with van der Waals surface area (Å²) in [5.74, 6) is -1.71. The molecule has 170 valence electrons. The Labute approximate surface area is 189 Å². The fourth-order valence-electron chi connectivity index (χ4n) is 3.80. The third-order valence-electron chi connectivity index (χ3n) is 5.34. The van der Waals surface area contributed by atoms with Crippen molar-refractivity contribution in [1.82, 2.24) is 14.8 Å². The van der Waals surface area contributed by atoms with Crippen LogP contribution in [0.15, 0.2) is 54.6 Å². The molecule has 10 nitrogen and oxygen atoms in total. The number of hydroxylamine groups is 2. The predicted octanol–water partition coefficient (Wildman–Crippen LogP) is 2.87. The first-order chi connectivity index (χ1) is 15.8. The summed E-state index contributed by atoms with van der Waals surface area (Å²) in [7, 11) is 2.83. The van der Waals surface area contributed by atoms with Crippen LogP contribution in [0.5, 0.6) is 0 Å². The van der Waals surface area contributed by atoms with Crippen molar-refractivity contribution in [3.8, 4) is 11.1 Å². The molecule has 0 saturated heterocycles. The van der Waals surface area contributed by atoms with E-state index in [0.717, 1.165) is 27.3 Å². The van der Waals surface area contributed by atoms with Crippen LogP contribution in [0.2, 0.25) is 0 Å². The maximum absolute atomic E-state index is 12.5. The lowest BCUT2D eigenvalue weighted by atomic mass is 9.98. The van der Waals surface area contributed by atoms with Gasteiger partial charge in [0.15, 0.2) is 12.3 Å². The van der Waals surface area contributed by atoms with Crippen molar-refractivity contribution >= 4 is 23.8 Å². The second kappa shape index (κ2) is 9.13. The quantitative estimate of drug-likeness (QED) is 0.531. The number of aromatic nitrogens is 2. The van der Waals surface area contributed by atoms with E-state index in [2.05, 4.69) is 22.5 Å². The normalized spacial score (nSPS) is 12.1. The van der Waals surface area contributed by atoms with E-state index in [4.69, 9.17) is 14.7 Å². The van der Waals surface area contributed by atoms with Crippen LogP contribution in [-0.4, -0.2) is 58.2 Å². The minimum Gasteiger partial charge on any atom is -0.479 e. The number of ether oxygens (including phenoxy) is 1. The third kappa shape index (κ3) is 4.55. The largest absolute Gasteiger partial charge is 0.479 e. The van der Waals surface area contributed by atoms with E-state index in [9.17, 15) is 14.4 Å². The van der Waals surface area contributed by atoms with Crippen LogP contribution in [0.1, 0.15) is 27.5 Å². The van der Waals surface area contributed by atoms with E-state index in [1.807, 2.05) is 36.4 Å². The zero-order chi connectivity index (χ0) is 23.5. The Bertz CT molecular complexity index is 1180. The van der Waals surface area contributed by atoms with Crippen molar-refractivity contribution in [1.29, 1.82) is 0 Å². The Kier molecular flexibility index (Phi) is 6.09. The molecule has 2 N–H and O–H groups in total. The van der Waals surface area contributed by atoms with Crippen LogP contribution in [0.25, 0.3) is 11.1 Å². The van der Waals surface area contributed by atoms with Crippen LogP contribution in [0, 0.1) is 0 Å². The molecule has 4 rings (SSSR count). The van der Waals surface area contributed by atoms with Crippen molar-refractivity contribution in [2.75, 3.05) is 25.6 Å². The molecule has 2 aromatic carbocycles. The van der Waals surface area contributed by atoms with E-state index in [1.165, 1.54) is 17.8 Å². The lowest BCUT2D eigenvalue weighted by Gasteiger charge is -2.14. The number of carboxylic acids is 1. The van der Waals surface area contributed by atoms with Gasteiger partial charge in [-0.2, -0.15) is 5.10 Å². The number of fused-ring (bicyclic) bond motifs is 3. The van der Waals surface area contributed by atoms with Gasteiger partial charge in [-0.3, -0.25) is 19.6 Å². The third-order valence-corrected chi connectivity index (χ3v) is 5.34. The molecule has 0 saturated carbocycles. The smallest absolute Gasteiger partial charge is 0.412 e. The Morgan fingerprint density at radius 1 is 1.09 bits per heavy atom. The first-order valence-electron chi connectivity index (χ1n) is 10.1. The van der Waals surface area contributed by atoms with Crippen molar-refractivity contribution in [2.24, 2.45) is 7.05 Å². The Morgan fingerprint density at radius 2 is 1.70 bits per heavy atom. The number of nitrogens with zero attached hydrogens (tertiary/aromatic N) is 3. The summed E-state index contributed by atoms with van der Waals surface area (Å²) in [6, 6.07) is 17.4. The predicted molar refractivity (Wildman–Crippen MR) is 118 cm³/mol. The first kappa shape index (κ1) is 22.0. The number of hydrogen-bond acceptors (Lipinski definition) is 6. The van der Waals surface area contributed by atoms with Gasteiger partial charge >= 0.3 is 12.1 Å². The number of aliphatic carboxylic acids is 1. The van der Waals surface area contributed by atoms with Crippen molar-refractivity contribution in [3.05, 3.63) is 71.4 Å². The summed E-state index contributed by atoms with van der Waals surface area (Å²) >= 11 is 0. The van der Waals surface area contributed by atoms with Crippen LogP contribution in [0.4, 0.5) is 10.6 Å². The van der Waals surface area contributed by atoms with E-state index in [0.29, 0.717) is 0 Å². The van der Waals surface area contributed by atoms with Gasteiger partial charge in [0, 0.05) is 26.1 Å². The van der Waals surface area contributed by atoms with Crippen LogP contribution in [-0.2, 0) is 21.4 Å². The molecule has 3 aromatic rings. The highest BCUT2D eigenvalue weighted by Crippen LogP contribution is 2.44. The van der Waals surface area contributed by atoms with E-state index >= 15 is 0 Å². The van der Waals surface area contributed by atoms with Gasteiger partial charge in [0.05, 0.1) is 0 Å². The number of carbonyl (C=O) groups is 3. The van der Waals surface area contributed by atoms with Gasteiger partial charge in [-0.05, 0) is 22.3 Å². The maximum atomic E-state index is 12.5. The van der Waals surface area contributed by atoms with Gasteiger partial charge in [0.2, 0.25) is 0 Å². The van der Waals surface area contributed by atoms with Gasteiger partial charge in [-0.1, -0.05) is 48.5 Å². The molecule has 0 radical (unpaired) electrons. The second-order valence-electron chi connectivity index (χ2n) is 7.46. The molecule has 2 amide bonds. The van der Waals surface area contributed by atoms with Gasteiger partial charge in [0.25, 0.3) is 5.91 Å². The summed E-state index contributed by atoms with van der Waals surface area (Å²) in [5.41, 5.74) is 4.44. The highest BCUT2D eigenvalue weighted by atomic mass is 16.7. The lowest BCUT2D eigenvalue weighted by molar-refractivity contribution is -0.159. The number of carbonyl (C=O) groups excluding carboxylic acids is 2. The summed E-state index contributed by atoms with van der Waals surface area (Å²) < 4.78 is 6.81. The summed E-state index contributed by atoms with van der Waals surface area (Å²) in [6.45, 7) is -0.519. The Morgan fingerprint density at radius 3 is 2.30 bits per heavy atom. The SMILES string of the molecule is CN(OCC(=O)O)C(=O)c1cc(NC(=O)OCC2c3ccccc3-c3ccccc32)n(C)n1. The van der Waals surface area contributed by atoms with E-state index < -0.39 is 24.6 Å². The minimum atomic E-state index is -1.21. The average molecular weight is 450 g/mol. The molecule has 10 heteroatoms. The van der Waals surface area contributed by atoms with E-state index in [1.54, 1.807) is 7.05 Å². The molecule has 1 aliphatic carbocycles. The van der Waals surface area contributed by atoms with Crippen LogP contribution in [0.3, 0.4) is 0 Å². The van der Waals surface area contributed by atoms with Gasteiger partial charge in [-0.15, -0.1) is 0 Å². The molecular formula is C23H22N4O6. The first-order valence-corrected chi connectivity index (χ1v) is 10.1. The number of carboxylic acid groups (broad SMARTS) is 1. The standard InChI is InChI=1S/C23H22N4O6/c1-26-20(11-19(25-26)22(30)27(2)33-13-21(28)29)24-23(31)32-12-18-16-9-5-3-7-14(16)15-8-4-6-10-17(15)18/h3-11,18H,12-13H2,1-2H3,(H,24,31)(H,28,29). The van der Waals surface area contributed by atoms with Gasteiger partial charge in [-0.25, -0.2) is 14.7 Å². The molecule has 0 bridgehead atoms. The molecule has 0 spiro atoms.